The van der Waals surface area contributed by atoms with Gasteiger partial charge in [0, 0.05) is 5.69 Å². The third kappa shape index (κ3) is 4.10. The number of carbonyl (C=O) groups excluding carboxylic acids is 2. The maximum Gasteiger partial charge on any atom is 0.337 e. The lowest BCUT2D eigenvalue weighted by Crippen LogP contribution is -2.21. The van der Waals surface area contributed by atoms with Crippen LogP contribution in [0.3, 0.4) is 0 Å². The average Bonchev–Trinajstić information content (AvgIpc) is 3.13. The first-order valence-electron chi connectivity index (χ1n) is 9.50. The van der Waals surface area contributed by atoms with E-state index in [9.17, 15) is 14.4 Å². The van der Waals surface area contributed by atoms with Crippen molar-refractivity contribution in [3.8, 4) is 0 Å². The van der Waals surface area contributed by atoms with Crippen molar-refractivity contribution in [2.45, 2.75) is 13.5 Å². The van der Waals surface area contributed by atoms with Crippen LogP contribution in [0.1, 0.15) is 31.2 Å². The molecule has 0 saturated carbocycles. The number of anilines is 1. The number of hydrogen-bond acceptors (Lipinski definition) is 6. The number of amides is 1. The van der Waals surface area contributed by atoms with Crippen LogP contribution in [0.4, 0.5) is 5.69 Å². The van der Waals surface area contributed by atoms with E-state index >= 15 is 0 Å². The van der Waals surface area contributed by atoms with Gasteiger partial charge in [0.25, 0.3) is 11.5 Å². The Morgan fingerprint density at radius 1 is 1.10 bits per heavy atom. The molecule has 0 aliphatic heterocycles. The molecule has 0 fully saturated rings. The topological polar surface area (TPSA) is 90.3 Å². The van der Waals surface area contributed by atoms with E-state index in [-0.39, 0.29) is 11.5 Å². The standard InChI is InChI=1S/C23H19N3O4S/c1-14-18-21(31-19(14)20(27)25-17-6-4-3-5-7-17)24-13-26(22(18)28)12-15-8-10-16(11-9-15)23(29)30-2/h3-11,13H,12H2,1-2H3,(H,25,27). The minimum absolute atomic E-state index is 0.213. The van der Waals surface area contributed by atoms with Gasteiger partial charge in [-0.15, -0.1) is 11.3 Å². The molecule has 1 N–H and O–H groups in total. The number of hydrogen-bond donors (Lipinski definition) is 1. The molecule has 4 rings (SSSR count). The van der Waals surface area contributed by atoms with E-state index in [4.69, 9.17) is 4.74 Å². The lowest BCUT2D eigenvalue weighted by Gasteiger charge is -2.07. The van der Waals surface area contributed by atoms with Crippen LogP contribution in [-0.4, -0.2) is 28.5 Å². The van der Waals surface area contributed by atoms with Gasteiger partial charge >= 0.3 is 5.97 Å². The number of carbonyl (C=O) groups is 2. The lowest BCUT2D eigenvalue weighted by molar-refractivity contribution is 0.0600. The highest BCUT2D eigenvalue weighted by Crippen LogP contribution is 2.27. The summed E-state index contributed by atoms with van der Waals surface area (Å²) in [6, 6.07) is 16.0. The van der Waals surface area contributed by atoms with Crippen molar-refractivity contribution >= 4 is 39.1 Å². The third-order valence-electron chi connectivity index (χ3n) is 4.88. The van der Waals surface area contributed by atoms with Crippen LogP contribution in [0.25, 0.3) is 10.2 Å². The van der Waals surface area contributed by atoms with Gasteiger partial charge < -0.3 is 10.1 Å². The summed E-state index contributed by atoms with van der Waals surface area (Å²) in [5.41, 5.74) is 2.36. The molecule has 0 aliphatic carbocycles. The Kier molecular flexibility index (Phi) is 5.64. The fourth-order valence-corrected chi connectivity index (χ4v) is 4.29. The Hall–Kier alpha value is -3.78. The number of aromatic nitrogens is 2. The molecule has 2 heterocycles. The maximum atomic E-state index is 13.1. The highest BCUT2D eigenvalue weighted by Gasteiger charge is 2.19. The normalized spacial score (nSPS) is 10.8. The second-order valence-electron chi connectivity index (χ2n) is 6.92. The molecule has 2 aromatic heterocycles. The summed E-state index contributed by atoms with van der Waals surface area (Å²) in [5.74, 6) is -0.682. The quantitative estimate of drug-likeness (QED) is 0.483. The highest BCUT2D eigenvalue weighted by atomic mass is 32.1. The largest absolute Gasteiger partial charge is 0.465 e. The van der Waals surface area contributed by atoms with E-state index in [1.54, 1.807) is 43.3 Å². The zero-order chi connectivity index (χ0) is 22.0. The molecular formula is C23H19N3O4S. The van der Waals surface area contributed by atoms with Gasteiger partial charge in [0.05, 0.1) is 35.8 Å². The number of fused-ring (bicyclic) bond motifs is 1. The molecule has 7 nitrogen and oxygen atoms in total. The number of methoxy groups -OCH3 is 1. The van der Waals surface area contributed by atoms with Crippen molar-refractivity contribution in [3.63, 3.8) is 0 Å². The number of thiophene rings is 1. The third-order valence-corrected chi connectivity index (χ3v) is 6.08. The van der Waals surface area contributed by atoms with E-state index in [1.807, 2.05) is 18.2 Å². The fourth-order valence-electron chi connectivity index (χ4n) is 3.26. The zero-order valence-electron chi connectivity index (χ0n) is 16.9. The minimum Gasteiger partial charge on any atom is -0.465 e. The van der Waals surface area contributed by atoms with Crippen LogP contribution >= 0.6 is 11.3 Å². The van der Waals surface area contributed by atoms with Crippen molar-refractivity contribution < 1.29 is 14.3 Å². The summed E-state index contributed by atoms with van der Waals surface area (Å²) in [4.78, 5) is 42.8. The Labute approximate surface area is 181 Å². The van der Waals surface area contributed by atoms with Crippen LogP contribution in [0.2, 0.25) is 0 Å². The SMILES string of the molecule is COC(=O)c1ccc(Cn2cnc3sc(C(=O)Nc4ccccc4)c(C)c3c2=O)cc1. The Bertz CT molecular complexity index is 1320. The first-order chi connectivity index (χ1) is 15.0. The molecular weight excluding hydrogens is 414 g/mol. The Balaban J connectivity index is 1.63. The molecule has 8 heteroatoms. The van der Waals surface area contributed by atoms with Gasteiger partial charge in [-0.2, -0.15) is 0 Å². The second kappa shape index (κ2) is 8.53. The van der Waals surface area contributed by atoms with E-state index in [0.29, 0.717) is 38.5 Å². The molecule has 0 spiro atoms. The molecule has 0 aliphatic rings. The van der Waals surface area contributed by atoms with Crippen LogP contribution in [0.15, 0.2) is 65.7 Å². The number of nitrogens with zero attached hydrogens (tertiary/aromatic N) is 2. The van der Waals surface area contributed by atoms with E-state index < -0.39 is 5.97 Å². The fraction of sp³-hybridized carbons (Fsp3) is 0.130. The highest BCUT2D eigenvalue weighted by molar-refractivity contribution is 7.20. The van der Waals surface area contributed by atoms with Crippen LogP contribution in [0.5, 0.6) is 0 Å². The molecule has 0 unspecified atom stereocenters. The zero-order valence-corrected chi connectivity index (χ0v) is 17.7. The number of rotatable bonds is 5. The predicted molar refractivity (Wildman–Crippen MR) is 120 cm³/mol. The Morgan fingerprint density at radius 3 is 2.48 bits per heavy atom. The summed E-state index contributed by atoms with van der Waals surface area (Å²) >= 11 is 1.20. The van der Waals surface area contributed by atoms with E-state index in [2.05, 4.69) is 10.3 Å². The lowest BCUT2D eigenvalue weighted by atomic mass is 10.1. The summed E-state index contributed by atoms with van der Waals surface area (Å²) in [6.45, 7) is 2.06. The van der Waals surface area contributed by atoms with E-state index in [0.717, 1.165) is 5.56 Å². The smallest absolute Gasteiger partial charge is 0.337 e. The second-order valence-corrected chi connectivity index (χ2v) is 7.92. The average molecular weight is 433 g/mol. The van der Waals surface area contributed by atoms with Gasteiger partial charge in [-0.3, -0.25) is 14.2 Å². The molecule has 0 bridgehead atoms. The van der Waals surface area contributed by atoms with Crippen molar-refractivity contribution in [1.82, 2.24) is 9.55 Å². The molecule has 156 valence electrons. The number of aryl methyl sites for hydroxylation is 1. The van der Waals surface area contributed by atoms with Gasteiger partial charge in [-0.05, 0) is 42.3 Å². The van der Waals surface area contributed by atoms with Crippen LogP contribution < -0.4 is 10.9 Å². The van der Waals surface area contributed by atoms with Crippen molar-refractivity contribution in [2.75, 3.05) is 12.4 Å². The van der Waals surface area contributed by atoms with Gasteiger partial charge in [0.1, 0.15) is 4.83 Å². The number of para-hydroxylation sites is 1. The number of ether oxygens (including phenoxy) is 1. The number of esters is 1. The molecule has 0 radical (unpaired) electrons. The molecule has 2 aromatic carbocycles. The predicted octanol–water partition coefficient (Wildman–Crippen LogP) is 3.85. The van der Waals surface area contributed by atoms with Gasteiger partial charge in [-0.25, -0.2) is 9.78 Å². The number of benzene rings is 2. The summed E-state index contributed by atoms with van der Waals surface area (Å²) in [6.07, 6.45) is 1.48. The summed E-state index contributed by atoms with van der Waals surface area (Å²) in [7, 11) is 1.33. The van der Waals surface area contributed by atoms with Crippen LogP contribution in [0, 0.1) is 6.92 Å². The summed E-state index contributed by atoms with van der Waals surface area (Å²) in [5, 5.41) is 3.29. The monoisotopic (exact) mass is 433 g/mol. The van der Waals surface area contributed by atoms with Gasteiger partial charge in [0.2, 0.25) is 0 Å². The van der Waals surface area contributed by atoms with Crippen molar-refractivity contribution in [1.29, 1.82) is 0 Å². The van der Waals surface area contributed by atoms with E-state index in [1.165, 1.54) is 29.3 Å². The minimum atomic E-state index is -0.415. The molecule has 4 aromatic rings. The number of nitrogens with one attached hydrogen (secondary N) is 1. The first-order valence-corrected chi connectivity index (χ1v) is 10.3. The van der Waals surface area contributed by atoms with Crippen molar-refractivity contribution in [3.05, 3.63) is 92.8 Å². The molecule has 31 heavy (non-hydrogen) atoms. The first kappa shape index (κ1) is 20.5. The van der Waals surface area contributed by atoms with Crippen LogP contribution in [-0.2, 0) is 11.3 Å². The summed E-state index contributed by atoms with van der Waals surface area (Å²) < 4.78 is 6.19. The maximum absolute atomic E-state index is 13.1. The Morgan fingerprint density at radius 2 is 1.81 bits per heavy atom. The van der Waals surface area contributed by atoms with Gasteiger partial charge in [-0.1, -0.05) is 30.3 Å². The molecule has 1 amide bonds. The van der Waals surface area contributed by atoms with Crippen molar-refractivity contribution in [2.24, 2.45) is 0 Å². The van der Waals surface area contributed by atoms with Gasteiger partial charge in [0.15, 0.2) is 0 Å². The molecule has 0 atom stereocenters. The molecule has 0 saturated heterocycles.